The van der Waals surface area contributed by atoms with Crippen LogP contribution in [0.5, 0.6) is 5.75 Å². The number of nitrogens with zero attached hydrogens (tertiary/aromatic N) is 1. The number of aromatic nitrogens is 1. The Morgan fingerprint density at radius 2 is 1.73 bits per heavy atom. The Balaban J connectivity index is 1.88. The first-order valence-electron chi connectivity index (χ1n) is 10.9. The third-order valence-corrected chi connectivity index (χ3v) is 6.67. The summed E-state index contributed by atoms with van der Waals surface area (Å²) in [7, 11) is -1.91. The van der Waals surface area contributed by atoms with Crippen LogP contribution in [0.4, 0.5) is 0 Å². The number of sulfonamides is 1. The highest BCUT2D eigenvalue weighted by Crippen LogP contribution is 2.18. The molecule has 7 nitrogen and oxygen atoms in total. The van der Waals surface area contributed by atoms with Crippen LogP contribution >= 0.6 is 0 Å². The Hall–Kier alpha value is -2.94. The van der Waals surface area contributed by atoms with Crippen LogP contribution in [0.2, 0.25) is 0 Å². The van der Waals surface area contributed by atoms with E-state index in [9.17, 15) is 13.2 Å². The highest BCUT2D eigenvalue weighted by molar-refractivity contribution is 7.89. The van der Waals surface area contributed by atoms with Gasteiger partial charge in [-0.05, 0) is 30.2 Å². The summed E-state index contributed by atoms with van der Waals surface area (Å²) in [6.45, 7) is 6.53. The molecule has 0 aliphatic carbocycles. The topological polar surface area (TPSA) is 89.4 Å². The van der Waals surface area contributed by atoms with Crippen molar-refractivity contribution >= 4 is 10.0 Å². The minimum absolute atomic E-state index is 0.0182. The van der Waals surface area contributed by atoms with E-state index in [1.165, 1.54) is 6.07 Å². The average molecular weight is 470 g/mol. The van der Waals surface area contributed by atoms with Gasteiger partial charge in [-0.15, -0.1) is 0 Å². The number of hydrogen-bond acceptors (Lipinski definition) is 5. The van der Waals surface area contributed by atoms with Crippen molar-refractivity contribution in [3.63, 3.8) is 0 Å². The fraction of sp³-hybridized carbons (Fsp3) is 0.320. The maximum atomic E-state index is 13.0. The van der Waals surface area contributed by atoms with Gasteiger partial charge in [0.25, 0.3) is 0 Å². The second kappa shape index (κ2) is 10.8. The molecule has 3 aromatic rings. The van der Waals surface area contributed by atoms with E-state index in [1.807, 2.05) is 68.8 Å². The lowest BCUT2D eigenvalue weighted by Crippen LogP contribution is -2.30. The molecule has 2 N–H and O–H groups in total. The molecule has 0 aliphatic heterocycles. The quantitative estimate of drug-likeness (QED) is 0.476. The molecule has 0 saturated carbocycles. The van der Waals surface area contributed by atoms with Gasteiger partial charge in [0.05, 0.1) is 17.1 Å². The zero-order chi connectivity index (χ0) is 24.0. The molecule has 2 aromatic carbocycles. The minimum atomic E-state index is -3.72. The predicted octanol–water partition coefficient (Wildman–Crippen LogP) is 3.25. The lowest BCUT2D eigenvalue weighted by Gasteiger charge is -2.20. The average Bonchev–Trinajstić information content (AvgIpc) is 2.78. The Morgan fingerprint density at radius 1 is 1.00 bits per heavy atom. The van der Waals surface area contributed by atoms with Crippen molar-refractivity contribution in [2.45, 2.75) is 51.4 Å². The number of aryl methyl sites for hydroxylation is 1. The van der Waals surface area contributed by atoms with Gasteiger partial charge in [0.2, 0.25) is 15.5 Å². The molecule has 0 amide bonds. The van der Waals surface area contributed by atoms with Gasteiger partial charge in [-0.3, -0.25) is 4.79 Å². The summed E-state index contributed by atoms with van der Waals surface area (Å²) in [5.41, 5.74) is 2.74. The molecule has 3 rings (SSSR count). The van der Waals surface area contributed by atoms with Gasteiger partial charge in [-0.25, -0.2) is 13.1 Å². The van der Waals surface area contributed by atoms with Crippen molar-refractivity contribution in [3.8, 4) is 5.75 Å². The molecule has 1 heterocycles. The molecule has 0 bridgehead atoms. The Morgan fingerprint density at radius 3 is 2.39 bits per heavy atom. The molecular formula is C25H31N3O4S. The van der Waals surface area contributed by atoms with E-state index in [4.69, 9.17) is 4.74 Å². The fourth-order valence-corrected chi connectivity index (χ4v) is 4.47. The summed E-state index contributed by atoms with van der Waals surface area (Å²) in [5.74, 6) is 0.264. The summed E-state index contributed by atoms with van der Waals surface area (Å²) in [5, 5.41) is 3.32. The van der Waals surface area contributed by atoms with Gasteiger partial charge in [0, 0.05) is 31.4 Å². The molecule has 0 unspecified atom stereocenters. The van der Waals surface area contributed by atoms with Crippen LogP contribution in [0.3, 0.4) is 0 Å². The van der Waals surface area contributed by atoms with Gasteiger partial charge in [0.15, 0.2) is 5.75 Å². The number of hydrogen-bond donors (Lipinski definition) is 2. The highest BCUT2D eigenvalue weighted by atomic mass is 32.2. The van der Waals surface area contributed by atoms with Crippen LogP contribution in [0.25, 0.3) is 0 Å². The predicted molar refractivity (Wildman–Crippen MR) is 130 cm³/mol. The molecular weight excluding hydrogens is 438 g/mol. The maximum absolute atomic E-state index is 13.0. The first-order valence-corrected chi connectivity index (χ1v) is 12.3. The molecule has 33 heavy (non-hydrogen) atoms. The van der Waals surface area contributed by atoms with Crippen LogP contribution in [0.15, 0.2) is 70.4 Å². The van der Waals surface area contributed by atoms with Crippen LogP contribution in [-0.4, -0.2) is 19.0 Å². The molecule has 0 fully saturated rings. The van der Waals surface area contributed by atoms with Gasteiger partial charge < -0.3 is 14.6 Å². The highest BCUT2D eigenvalue weighted by Gasteiger charge is 2.18. The van der Waals surface area contributed by atoms with Crippen LogP contribution in [0.1, 0.15) is 36.4 Å². The maximum Gasteiger partial charge on any atom is 0.240 e. The van der Waals surface area contributed by atoms with Crippen molar-refractivity contribution < 1.29 is 13.2 Å². The van der Waals surface area contributed by atoms with Gasteiger partial charge in [-0.2, -0.15) is 0 Å². The minimum Gasteiger partial charge on any atom is -0.483 e. The third kappa shape index (κ3) is 6.54. The first kappa shape index (κ1) is 24.7. The summed E-state index contributed by atoms with van der Waals surface area (Å²) in [6.07, 6.45) is 0. The van der Waals surface area contributed by atoms with E-state index in [-0.39, 0.29) is 35.3 Å². The van der Waals surface area contributed by atoms with E-state index in [2.05, 4.69) is 10.0 Å². The normalized spacial score (nSPS) is 11.7. The SMILES string of the molecule is Cc1cccc(S(=O)(=O)NCc2cc(=O)c(OCc3ccccc3)c(CNC(C)C)n2C)c1. The Labute approximate surface area is 195 Å². The van der Waals surface area contributed by atoms with E-state index < -0.39 is 10.0 Å². The van der Waals surface area contributed by atoms with Crippen LogP contribution in [-0.2, 0) is 36.8 Å². The first-order chi connectivity index (χ1) is 15.7. The van der Waals surface area contributed by atoms with Crippen molar-refractivity contribution in [2.75, 3.05) is 0 Å². The smallest absolute Gasteiger partial charge is 0.240 e. The summed E-state index contributed by atoms with van der Waals surface area (Å²) in [6, 6.07) is 18.0. The lowest BCUT2D eigenvalue weighted by atomic mass is 10.2. The molecule has 0 aliphatic rings. The van der Waals surface area contributed by atoms with Crippen molar-refractivity contribution in [1.29, 1.82) is 0 Å². The molecule has 0 saturated heterocycles. The standard InChI is InChI=1S/C25H31N3O4S/c1-18(2)26-16-23-25(32-17-20-10-6-5-7-11-20)24(29)14-21(28(23)4)15-27-33(30,31)22-12-8-9-19(3)13-22/h5-14,18,26-27H,15-17H2,1-4H3. The largest absolute Gasteiger partial charge is 0.483 e. The van der Waals surface area contributed by atoms with Crippen molar-refractivity contribution in [2.24, 2.45) is 7.05 Å². The van der Waals surface area contributed by atoms with Gasteiger partial charge >= 0.3 is 0 Å². The zero-order valence-corrected chi connectivity index (χ0v) is 20.3. The third-order valence-electron chi connectivity index (χ3n) is 5.27. The number of nitrogens with one attached hydrogen (secondary N) is 2. The fourth-order valence-electron chi connectivity index (χ4n) is 3.37. The molecule has 0 spiro atoms. The summed E-state index contributed by atoms with van der Waals surface area (Å²) in [4.78, 5) is 13.2. The molecule has 0 atom stereocenters. The monoisotopic (exact) mass is 469 g/mol. The Kier molecular flexibility index (Phi) is 8.07. The summed E-state index contributed by atoms with van der Waals surface area (Å²) >= 11 is 0. The van der Waals surface area contributed by atoms with Gasteiger partial charge in [0.1, 0.15) is 6.61 Å². The van der Waals surface area contributed by atoms with E-state index in [0.29, 0.717) is 17.9 Å². The second-order valence-corrected chi connectivity index (χ2v) is 10.1. The van der Waals surface area contributed by atoms with Gasteiger partial charge in [-0.1, -0.05) is 56.3 Å². The zero-order valence-electron chi connectivity index (χ0n) is 19.5. The molecule has 8 heteroatoms. The number of benzene rings is 2. The number of rotatable bonds is 10. The van der Waals surface area contributed by atoms with E-state index in [0.717, 1.165) is 11.1 Å². The Bertz CT molecular complexity index is 1250. The van der Waals surface area contributed by atoms with Crippen molar-refractivity contribution in [3.05, 3.63) is 93.4 Å². The lowest BCUT2D eigenvalue weighted by molar-refractivity contribution is 0.294. The molecule has 1 aromatic heterocycles. The molecule has 0 radical (unpaired) electrons. The number of ether oxygens (including phenoxy) is 1. The van der Waals surface area contributed by atoms with E-state index in [1.54, 1.807) is 18.2 Å². The summed E-state index contributed by atoms with van der Waals surface area (Å²) < 4.78 is 35.9. The number of pyridine rings is 1. The van der Waals surface area contributed by atoms with Crippen molar-refractivity contribution in [1.82, 2.24) is 14.6 Å². The van der Waals surface area contributed by atoms with Crippen LogP contribution in [0, 0.1) is 6.92 Å². The van der Waals surface area contributed by atoms with E-state index >= 15 is 0 Å². The molecule has 176 valence electrons. The van der Waals surface area contributed by atoms with Crippen LogP contribution < -0.4 is 20.2 Å². The second-order valence-electron chi connectivity index (χ2n) is 8.29.